The van der Waals surface area contributed by atoms with Gasteiger partial charge in [0, 0.05) is 13.6 Å². The summed E-state index contributed by atoms with van der Waals surface area (Å²) in [6.07, 6.45) is 1.90. The van der Waals surface area contributed by atoms with Gasteiger partial charge in [0.15, 0.2) is 0 Å². The van der Waals surface area contributed by atoms with Gasteiger partial charge in [-0.1, -0.05) is 60.7 Å². The number of hydrogen-bond donors (Lipinski definition) is 3. The molecular weight excluding hydrogens is 422 g/mol. The largest absolute Gasteiger partial charge is 0.473 e. The highest BCUT2D eigenvalue weighted by atomic mass is 16.5. The molecule has 33 heavy (non-hydrogen) atoms. The fourth-order valence-electron chi connectivity index (χ4n) is 2.98. The smallest absolute Gasteiger partial charge is 0.414 e. The average molecular weight is 445 g/mol. The Bertz CT molecular complexity index is 1200. The number of carboxylic acids is 2. The molecule has 168 valence electrons. The molecule has 0 amide bonds. The summed E-state index contributed by atoms with van der Waals surface area (Å²) < 4.78 is 7.98. The second-order valence-electron chi connectivity index (χ2n) is 6.92. The van der Waals surface area contributed by atoms with E-state index in [1.165, 1.54) is 0 Å². The first kappa shape index (κ1) is 23.1. The van der Waals surface area contributed by atoms with Gasteiger partial charge < -0.3 is 24.8 Å². The van der Waals surface area contributed by atoms with E-state index in [9.17, 15) is 0 Å². The number of benzene rings is 3. The molecule has 3 N–H and O–H groups in total. The predicted molar refractivity (Wildman–Crippen MR) is 124 cm³/mol. The van der Waals surface area contributed by atoms with E-state index < -0.39 is 11.9 Å². The number of anilines is 1. The van der Waals surface area contributed by atoms with Gasteiger partial charge in [0.2, 0.25) is 5.95 Å². The van der Waals surface area contributed by atoms with Crippen LogP contribution in [0.25, 0.3) is 11.3 Å². The van der Waals surface area contributed by atoms with Crippen LogP contribution in [0.15, 0.2) is 91.1 Å². The van der Waals surface area contributed by atoms with Crippen molar-refractivity contribution < 1.29 is 24.5 Å². The number of aliphatic carboxylic acids is 2. The molecule has 0 aliphatic carbocycles. The lowest BCUT2D eigenvalue weighted by Gasteiger charge is -2.10. The zero-order chi connectivity index (χ0) is 23.6. The third-order valence-corrected chi connectivity index (χ3v) is 4.57. The van der Waals surface area contributed by atoms with Crippen LogP contribution in [-0.2, 0) is 23.2 Å². The van der Waals surface area contributed by atoms with Crippen LogP contribution >= 0.6 is 0 Å². The summed E-state index contributed by atoms with van der Waals surface area (Å²) in [4.78, 5) is 22.7. The number of hydrogen-bond acceptors (Lipinski definition) is 5. The van der Waals surface area contributed by atoms with Crippen LogP contribution in [0.1, 0.15) is 5.56 Å². The minimum atomic E-state index is -1.82. The lowest BCUT2D eigenvalue weighted by molar-refractivity contribution is -0.159. The van der Waals surface area contributed by atoms with Crippen LogP contribution in [0, 0.1) is 0 Å². The summed E-state index contributed by atoms with van der Waals surface area (Å²) in [5.41, 5.74) is 3.37. The van der Waals surface area contributed by atoms with Crippen molar-refractivity contribution in [2.45, 2.75) is 6.54 Å². The lowest BCUT2D eigenvalue weighted by atomic mass is 10.2. The Kier molecular flexibility index (Phi) is 7.80. The van der Waals surface area contributed by atoms with Crippen molar-refractivity contribution in [3.05, 3.63) is 96.7 Å². The minimum absolute atomic E-state index is 0.672. The molecule has 0 spiro atoms. The molecule has 0 atom stereocenters. The number of nitrogens with one attached hydrogen (secondary N) is 1. The molecule has 1 aromatic heterocycles. The molecule has 3 aromatic carbocycles. The molecule has 0 saturated heterocycles. The Morgan fingerprint density at radius 2 is 1.48 bits per heavy atom. The van der Waals surface area contributed by atoms with E-state index >= 15 is 0 Å². The molecule has 0 unspecified atom stereocenters. The first-order valence-electron chi connectivity index (χ1n) is 10.0. The third-order valence-electron chi connectivity index (χ3n) is 4.57. The molecule has 8 nitrogen and oxygen atoms in total. The normalized spacial score (nSPS) is 9.97. The van der Waals surface area contributed by atoms with E-state index in [2.05, 4.69) is 33.1 Å². The lowest BCUT2D eigenvalue weighted by Crippen LogP contribution is -2.09. The number of aromatic nitrogens is 2. The van der Waals surface area contributed by atoms with E-state index in [1.54, 1.807) is 0 Å². The molecule has 0 aliphatic heterocycles. The van der Waals surface area contributed by atoms with Gasteiger partial charge in [-0.3, -0.25) is 0 Å². The predicted octanol–water partition coefficient (Wildman–Crippen LogP) is 4.65. The fourth-order valence-corrected chi connectivity index (χ4v) is 2.98. The highest BCUT2D eigenvalue weighted by molar-refractivity contribution is 6.27. The second kappa shape index (κ2) is 11.1. The van der Waals surface area contributed by atoms with Gasteiger partial charge in [-0.05, 0) is 35.4 Å². The van der Waals surface area contributed by atoms with Crippen LogP contribution in [0.4, 0.5) is 5.95 Å². The zero-order valence-corrected chi connectivity index (χ0v) is 17.9. The van der Waals surface area contributed by atoms with Crippen molar-refractivity contribution in [3.63, 3.8) is 0 Å². The SMILES string of the molecule is Cn1c(-c2ccccc2)cnc1NCc1cccc(Oc2ccccc2)c1.O=C(O)C(=O)O. The summed E-state index contributed by atoms with van der Waals surface area (Å²) >= 11 is 0. The molecular formula is C25H23N3O5. The number of rotatable bonds is 6. The quantitative estimate of drug-likeness (QED) is 0.370. The zero-order valence-electron chi connectivity index (χ0n) is 17.9. The van der Waals surface area contributed by atoms with Gasteiger partial charge in [-0.2, -0.15) is 0 Å². The Balaban J connectivity index is 0.000000454. The molecule has 0 bridgehead atoms. The molecule has 0 fully saturated rings. The molecule has 4 rings (SSSR count). The number of carbonyl (C=O) groups is 2. The Morgan fingerprint density at radius 1 is 0.879 bits per heavy atom. The van der Waals surface area contributed by atoms with Crippen LogP contribution in [0.2, 0.25) is 0 Å². The number of ether oxygens (including phenoxy) is 1. The van der Waals surface area contributed by atoms with Crippen LogP contribution in [-0.4, -0.2) is 31.7 Å². The maximum absolute atomic E-state index is 9.10. The minimum Gasteiger partial charge on any atom is -0.473 e. The van der Waals surface area contributed by atoms with Gasteiger partial charge in [0.25, 0.3) is 0 Å². The van der Waals surface area contributed by atoms with Gasteiger partial charge >= 0.3 is 11.9 Å². The first-order chi connectivity index (χ1) is 15.9. The summed E-state index contributed by atoms with van der Waals surface area (Å²) in [7, 11) is 2.02. The number of imidazole rings is 1. The fraction of sp³-hybridized carbons (Fsp3) is 0.0800. The molecule has 0 radical (unpaired) electrons. The molecule has 0 saturated carbocycles. The van der Waals surface area contributed by atoms with E-state index in [1.807, 2.05) is 80.0 Å². The Morgan fingerprint density at radius 3 is 2.12 bits per heavy atom. The van der Waals surface area contributed by atoms with Crippen molar-refractivity contribution in [2.75, 3.05) is 5.32 Å². The number of para-hydroxylation sites is 1. The van der Waals surface area contributed by atoms with E-state index in [0.717, 1.165) is 34.3 Å². The summed E-state index contributed by atoms with van der Waals surface area (Å²) in [5.74, 6) is -1.15. The average Bonchev–Trinajstić information content (AvgIpc) is 3.20. The Labute approximate surface area is 190 Å². The van der Waals surface area contributed by atoms with Gasteiger partial charge in [0.05, 0.1) is 11.9 Å². The summed E-state index contributed by atoms with van der Waals surface area (Å²) in [6, 6.07) is 28.2. The number of carboxylic acid groups (broad SMARTS) is 2. The molecule has 1 heterocycles. The van der Waals surface area contributed by atoms with Crippen molar-refractivity contribution in [2.24, 2.45) is 7.05 Å². The summed E-state index contributed by atoms with van der Waals surface area (Å²) in [6.45, 7) is 0.672. The molecule has 8 heteroatoms. The number of nitrogens with zero attached hydrogens (tertiary/aromatic N) is 2. The first-order valence-corrected chi connectivity index (χ1v) is 10.0. The van der Waals surface area contributed by atoms with Crippen molar-refractivity contribution in [3.8, 4) is 22.8 Å². The van der Waals surface area contributed by atoms with Gasteiger partial charge in [-0.25, -0.2) is 14.6 Å². The van der Waals surface area contributed by atoms with E-state index in [4.69, 9.17) is 24.5 Å². The second-order valence-corrected chi connectivity index (χ2v) is 6.92. The topological polar surface area (TPSA) is 114 Å². The van der Waals surface area contributed by atoms with Crippen LogP contribution in [0.3, 0.4) is 0 Å². The van der Waals surface area contributed by atoms with Crippen LogP contribution < -0.4 is 10.1 Å². The molecule has 4 aromatic rings. The van der Waals surface area contributed by atoms with E-state index in [0.29, 0.717) is 6.54 Å². The van der Waals surface area contributed by atoms with Crippen molar-refractivity contribution >= 4 is 17.9 Å². The van der Waals surface area contributed by atoms with Gasteiger partial charge in [0.1, 0.15) is 11.5 Å². The van der Waals surface area contributed by atoms with Crippen molar-refractivity contribution in [1.82, 2.24) is 9.55 Å². The van der Waals surface area contributed by atoms with Crippen molar-refractivity contribution in [1.29, 1.82) is 0 Å². The van der Waals surface area contributed by atoms with Crippen LogP contribution in [0.5, 0.6) is 11.5 Å². The van der Waals surface area contributed by atoms with Gasteiger partial charge in [-0.15, -0.1) is 0 Å². The maximum atomic E-state index is 9.10. The Hall–Kier alpha value is -4.59. The summed E-state index contributed by atoms with van der Waals surface area (Å²) in [5, 5.41) is 18.2. The highest BCUT2D eigenvalue weighted by Crippen LogP contribution is 2.24. The third kappa shape index (κ3) is 6.70. The highest BCUT2D eigenvalue weighted by Gasteiger charge is 2.08. The molecule has 0 aliphatic rings. The monoisotopic (exact) mass is 445 g/mol. The maximum Gasteiger partial charge on any atom is 0.414 e. The van der Waals surface area contributed by atoms with E-state index in [-0.39, 0.29) is 0 Å². The standard InChI is InChI=1S/C23H21N3O.C2H2O4/c1-26-22(19-10-4-2-5-11-19)17-25-23(26)24-16-18-9-8-14-21(15-18)27-20-12-6-3-7-13-20;3-1(4)2(5)6/h2-15,17H,16H2,1H3,(H,24,25);(H,3,4)(H,5,6).